The van der Waals surface area contributed by atoms with Crippen LogP contribution in [0.1, 0.15) is 47.0 Å². The van der Waals surface area contributed by atoms with Gasteiger partial charge < -0.3 is 31.9 Å². The lowest BCUT2D eigenvalue weighted by molar-refractivity contribution is -0.147. The zero-order valence-corrected chi connectivity index (χ0v) is 19.1. The molecule has 0 aromatic carbocycles. The summed E-state index contributed by atoms with van der Waals surface area (Å²) in [5.74, 6) is -5.21. The van der Waals surface area contributed by atoms with Crippen molar-refractivity contribution in [2.45, 2.75) is 71.1 Å². The van der Waals surface area contributed by atoms with E-state index in [4.69, 9.17) is 15.9 Å². The Morgan fingerprint density at radius 2 is 1.35 bits per heavy atom. The number of carboxylic acid groups (broad SMARTS) is 2. The number of thiol groups is 1. The monoisotopic (exact) mass is 462 g/mol. The molecule has 3 amide bonds. The number of rotatable bonds is 14. The largest absolute Gasteiger partial charge is 0.481 e. The third-order valence-electron chi connectivity index (χ3n) is 4.71. The molecule has 0 aliphatic rings. The summed E-state index contributed by atoms with van der Waals surface area (Å²) in [6, 6.07) is -4.67. The van der Waals surface area contributed by atoms with Crippen molar-refractivity contribution in [3.05, 3.63) is 0 Å². The van der Waals surface area contributed by atoms with Crippen LogP contribution >= 0.6 is 12.6 Å². The molecule has 0 radical (unpaired) electrons. The van der Waals surface area contributed by atoms with Crippen LogP contribution in [0.4, 0.5) is 0 Å². The molecule has 178 valence electrons. The zero-order chi connectivity index (χ0) is 24.3. The summed E-state index contributed by atoms with van der Waals surface area (Å²) in [5.41, 5.74) is 5.93. The fraction of sp³-hybridized carbons (Fsp3) is 0.737. The van der Waals surface area contributed by atoms with Crippen LogP contribution in [0.25, 0.3) is 0 Å². The molecule has 0 rings (SSSR count). The molecular weight excluding hydrogens is 428 g/mol. The van der Waals surface area contributed by atoms with Crippen LogP contribution in [-0.2, 0) is 24.0 Å². The van der Waals surface area contributed by atoms with E-state index in [9.17, 15) is 24.0 Å². The first-order chi connectivity index (χ1) is 14.3. The highest BCUT2D eigenvalue weighted by molar-refractivity contribution is 7.80. The van der Waals surface area contributed by atoms with Crippen LogP contribution in [0.3, 0.4) is 0 Å². The number of aliphatic carboxylic acids is 2. The van der Waals surface area contributed by atoms with E-state index in [2.05, 4.69) is 28.6 Å². The van der Waals surface area contributed by atoms with Gasteiger partial charge in [-0.1, -0.05) is 34.1 Å². The van der Waals surface area contributed by atoms with Gasteiger partial charge in [0.25, 0.3) is 0 Å². The van der Waals surface area contributed by atoms with Crippen molar-refractivity contribution in [3.8, 4) is 0 Å². The number of nitrogens with one attached hydrogen (secondary N) is 3. The van der Waals surface area contributed by atoms with Crippen molar-refractivity contribution in [3.63, 3.8) is 0 Å². The fourth-order valence-corrected chi connectivity index (χ4v) is 2.85. The number of carbonyl (C=O) groups is 5. The second-order valence-electron chi connectivity index (χ2n) is 7.84. The van der Waals surface area contributed by atoms with Gasteiger partial charge in [0.05, 0.1) is 12.5 Å². The maximum absolute atomic E-state index is 12.8. The molecule has 12 heteroatoms. The lowest BCUT2D eigenvalue weighted by Gasteiger charge is -2.26. The predicted molar refractivity (Wildman–Crippen MR) is 116 cm³/mol. The van der Waals surface area contributed by atoms with Gasteiger partial charge in [-0.2, -0.15) is 12.6 Å². The van der Waals surface area contributed by atoms with Gasteiger partial charge in [-0.3, -0.25) is 19.2 Å². The average molecular weight is 463 g/mol. The van der Waals surface area contributed by atoms with Crippen molar-refractivity contribution in [2.24, 2.45) is 17.6 Å². The molecule has 0 fully saturated rings. The van der Waals surface area contributed by atoms with E-state index in [1.165, 1.54) is 0 Å². The van der Waals surface area contributed by atoms with Crippen molar-refractivity contribution >= 4 is 42.3 Å². The Bertz CT molecular complexity index is 659. The second kappa shape index (κ2) is 13.9. The summed E-state index contributed by atoms with van der Waals surface area (Å²) < 4.78 is 0. The topological polar surface area (TPSA) is 188 Å². The van der Waals surface area contributed by atoms with Gasteiger partial charge in [-0.25, -0.2) is 4.79 Å². The maximum Gasteiger partial charge on any atom is 0.326 e. The minimum Gasteiger partial charge on any atom is -0.481 e. The number of carboxylic acids is 2. The summed E-state index contributed by atoms with van der Waals surface area (Å²) in [6.07, 6.45) is 0.134. The third kappa shape index (κ3) is 10.5. The van der Waals surface area contributed by atoms with E-state index >= 15 is 0 Å². The molecule has 5 unspecified atom stereocenters. The molecule has 0 heterocycles. The molecule has 0 aromatic heterocycles. The van der Waals surface area contributed by atoms with E-state index in [0.717, 1.165) is 0 Å². The van der Waals surface area contributed by atoms with Gasteiger partial charge in [0.1, 0.15) is 18.1 Å². The highest BCUT2D eigenvalue weighted by Gasteiger charge is 2.31. The van der Waals surface area contributed by atoms with Crippen LogP contribution < -0.4 is 21.7 Å². The van der Waals surface area contributed by atoms with Gasteiger partial charge in [-0.05, 0) is 18.3 Å². The normalized spacial score (nSPS) is 15.8. The summed E-state index contributed by atoms with van der Waals surface area (Å²) >= 11 is 4.01. The summed E-state index contributed by atoms with van der Waals surface area (Å²) in [4.78, 5) is 59.5. The Balaban J connectivity index is 5.29. The Labute approximate surface area is 187 Å². The second-order valence-corrected chi connectivity index (χ2v) is 8.21. The Kier molecular flexibility index (Phi) is 12.8. The Morgan fingerprint density at radius 3 is 1.77 bits per heavy atom. The molecule has 0 saturated heterocycles. The van der Waals surface area contributed by atoms with Gasteiger partial charge in [0, 0.05) is 5.75 Å². The molecular formula is C19H34N4O7S. The third-order valence-corrected chi connectivity index (χ3v) is 5.07. The molecule has 0 saturated carbocycles. The van der Waals surface area contributed by atoms with Crippen molar-refractivity contribution < 1.29 is 34.2 Å². The predicted octanol–water partition coefficient (Wildman–Crippen LogP) is -0.651. The number of carbonyl (C=O) groups excluding carboxylic acids is 3. The van der Waals surface area contributed by atoms with E-state index in [-0.39, 0.29) is 24.0 Å². The van der Waals surface area contributed by atoms with Crippen molar-refractivity contribution in [1.29, 1.82) is 0 Å². The molecule has 0 bridgehead atoms. The van der Waals surface area contributed by atoms with Crippen LogP contribution in [-0.4, -0.2) is 69.8 Å². The first-order valence-corrected chi connectivity index (χ1v) is 10.7. The lowest BCUT2D eigenvalue weighted by atomic mass is 9.97. The quantitative estimate of drug-likeness (QED) is 0.166. The van der Waals surface area contributed by atoms with Crippen LogP contribution in [0.5, 0.6) is 0 Å². The Hall–Kier alpha value is -2.34. The average Bonchev–Trinajstić information content (AvgIpc) is 2.68. The molecule has 11 nitrogen and oxygen atoms in total. The molecule has 31 heavy (non-hydrogen) atoms. The van der Waals surface area contributed by atoms with E-state index in [1.807, 2.05) is 27.7 Å². The summed E-state index contributed by atoms with van der Waals surface area (Å²) in [7, 11) is 0. The number of nitrogens with two attached hydrogens (primary N) is 1. The molecule has 7 N–H and O–H groups in total. The van der Waals surface area contributed by atoms with Crippen molar-refractivity contribution in [1.82, 2.24) is 16.0 Å². The van der Waals surface area contributed by atoms with Gasteiger partial charge >= 0.3 is 11.9 Å². The van der Waals surface area contributed by atoms with Gasteiger partial charge in [0.15, 0.2) is 0 Å². The number of amides is 3. The number of hydrogen-bond acceptors (Lipinski definition) is 7. The van der Waals surface area contributed by atoms with E-state index in [1.54, 1.807) is 0 Å². The first-order valence-electron chi connectivity index (χ1n) is 10.1. The Morgan fingerprint density at radius 1 is 0.871 bits per heavy atom. The summed E-state index contributed by atoms with van der Waals surface area (Å²) in [5, 5.41) is 25.0. The van der Waals surface area contributed by atoms with Gasteiger partial charge in [0.2, 0.25) is 17.7 Å². The van der Waals surface area contributed by atoms with Crippen LogP contribution in [0, 0.1) is 11.8 Å². The molecule has 0 aliphatic carbocycles. The van der Waals surface area contributed by atoms with Crippen LogP contribution in [0.2, 0.25) is 0 Å². The minimum atomic E-state index is -1.66. The number of hydrogen-bond donors (Lipinski definition) is 7. The molecule has 5 atom stereocenters. The van der Waals surface area contributed by atoms with Gasteiger partial charge in [-0.15, -0.1) is 0 Å². The fourth-order valence-electron chi connectivity index (χ4n) is 2.60. The first kappa shape index (κ1) is 28.7. The SMILES string of the molecule is CCC(C)C(N)C(=O)NC(CC(C)C)C(=O)NC(CS)C(=O)NC(CC(=O)O)C(=O)O. The maximum atomic E-state index is 12.8. The highest BCUT2D eigenvalue weighted by atomic mass is 32.1. The highest BCUT2D eigenvalue weighted by Crippen LogP contribution is 2.09. The van der Waals surface area contributed by atoms with Crippen molar-refractivity contribution in [2.75, 3.05) is 5.75 Å². The molecule has 0 aromatic rings. The smallest absolute Gasteiger partial charge is 0.326 e. The summed E-state index contributed by atoms with van der Waals surface area (Å²) in [6.45, 7) is 7.42. The van der Waals surface area contributed by atoms with E-state index < -0.39 is 60.2 Å². The molecule has 0 spiro atoms. The van der Waals surface area contributed by atoms with Crippen LogP contribution in [0.15, 0.2) is 0 Å². The zero-order valence-electron chi connectivity index (χ0n) is 18.3. The van der Waals surface area contributed by atoms with E-state index in [0.29, 0.717) is 6.42 Å². The standard InChI is InChI=1S/C19H34N4O7S/c1-5-10(4)15(20)18(28)21-11(6-9(2)3)16(26)23-13(8-31)17(27)22-12(19(29)30)7-14(24)25/h9-13,15,31H,5-8,20H2,1-4H3,(H,21,28)(H,22,27)(H,23,26)(H,24,25)(H,29,30). The molecule has 0 aliphatic heterocycles. The minimum absolute atomic E-state index is 0.0334. The lowest BCUT2D eigenvalue weighted by Crippen LogP contribution is -2.58.